The van der Waals surface area contributed by atoms with E-state index in [4.69, 9.17) is 0 Å². The molecule has 0 N–H and O–H groups in total. The summed E-state index contributed by atoms with van der Waals surface area (Å²) in [6, 6.07) is 23.6. The Morgan fingerprint density at radius 3 is 2.36 bits per heavy atom. The van der Waals surface area contributed by atoms with E-state index in [1.807, 2.05) is 48.5 Å². The third-order valence-corrected chi connectivity index (χ3v) is 4.88. The normalized spacial score (nSPS) is 10.7. The van der Waals surface area contributed by atoms with Gasteiger partial charge >= 0.3 is 0 Å². The van der Waals surface area contributed by atoms with Crippen LogP contribution in [-0.2, 0) is 6.54 Å². The van der Waals surface area contributed by atoms with Gasteiger partial charge < -0.3 is 4.90 Å². The highest BCUT2D eigenvalue weighted by Gasteiger charge is 2.15. The van der Waals surface area contributed by atoms with E-state index < -0.39 is 0 Å². The van der Waals surface area contributed by atoms with Crippen molar-refractivity contribution in [2.75, 3.05) is 4.90 Å². The molecule has 0 amide bonds. The second kappa shape index (κ2) is 6.83. The summed E-state index contributed by atoms with van der Waals surface area (Å²) < 4.78 is 0. The van der Waals surface area contributed by atoms with Gasteiger partial charge in [-0.15, -0.1) is 0 Å². The average Bonchev–Trinajstić information content (AvgIpc) is 2.67. The van der Waals surface area contributed by atoms with Crippen LogP contribution >= 0.6 is 11.3 Å². The number of pyridine rings is 1. The lowest BCUT2D eigenvalue weighted by Gasteiger charge is -2.23. The van der Waals surface area contributed by atoms with Crippen LogP contribution in [0.1, 0.15) is 5.56 Å². The lowest BCUT2D eigenvalue weighted by molar-refractivity contribution is 0.959. The van der Waals surface area contributed by atoms with Crippen LogP contribution in [-0.4, -0.2) is 9.97 Å². The Hall–Kier alpha value is -3.05. The van der Waals surface area contributed by atoms with Crippen molar-refractivity contribution < 1.29 is 0 Å². The molecule has 0 aliphatic heterocycles. The highest BCUT2D eigenvalue weighted by Crippen LogP contribution is 2.30. The predicted molar refractivity (Wildman–Crippen MR) is 102 cm³/mol. The van der Waals surface area contributed by atoms with Crippen molar-refractivity contribution in [2.45, 2.75) is 6.54 Å². The van der Waals surface area contributed by atoms with Gasteiger partial charge in [0.05, 0.1) is 11.9 Å². The minimum Gasteiger partial charge on any atom is -0.313 e. The maximum Gasteiger partial charge on any atom is 0.282 e. The Labute approximate surface area is 149 Å². The van der Waals surface area contributed by atoms with Crippen molar-refractivity contribution in [3.05, 3.63) is 94.9 Å². The molecule has 2 aromatic heterocycles. The van der Waals surface area contributed by atoms with Crippen LogP contribution in [0.2, 0.25) is 0 Å². The first-order valence-electron chi connectivity index (χ1n) is 7.94. The van der Waals surface area contributed by atoms with Gasteiger partial charge in [0.25, 0.3) is 5.56 Å². The monoisotopic (exact) mass is 345 g/mol. The first kappa shape index (κ1) is 15.5. The summed E-state index contributed by atoms with van der Waals surface area (Å²) in [5.41, 5.74) is 1.89. The number of anilines is 2. The summed E-state index contributed by atoms with van der Waals surface area (Å²) in [6.07, 6.45) is 1.70. The second-order valence-corrected chi connectivity index (χ2v) is 6.52. The zero-order valence-corrected chi connectivity index (χ0v) is 14.2. The molecule has 4 rings (SSSR count). The van der Waals surface area contributed by atoms with Gasteiger partial charge in [-0.2, -0.15) is 4.98 Å². The molecule has 5 heteroatoms. The average molecular weight is 345 g/mol. The maximum atomic E-state index is 12.4. The molecule has 0 saturated carbocycles. The molecule has 4 nitrogen and oxygen atoms in total. The van der Waals surface area contributed by atoms with Crippen molar-refractivity contribution >= 4 is 32.4 Å². The molecule has 0 unspecified atom stereocenters. The van der Waals surface area contributed by atoms with E-state index in [9.17, 15) is 4.79 Å². The lowest BCUT2D eigenvalue weighted by Crippen LogP contribution is -2.20. The Morgan fingerprint density at radius 2 is 1.60 bits per heavy atom. The second-order valence-electron chi connectivity index (χ2n) is 5.57. The number of hydrogen-bond donors (Lipinski definition) is 0. The molecule has 0 bridgehead atoms. The van der Waals surface area contributed by atoms with Gasteiger partial charge in [-0.25, -0.2) is 4.98 Å². The number of fused-ring (bicyclic) bond motifs is 1. The maximum absolute atomic E-state index is 12.4. The minimum absolute atomic E-state index is 0.245. The molecule has 4 aromatic rings. The number of hydrogen-bond acceptors (Lipinski definition) is 5. The van der Waals surface area contributed by atoms with Crippen molar-refractivity contribution in [3.63, 3.8) is 0 Å². The summed E-state index contributed by atoms with van der Waals surface area (Å²) in [6.45, 7) is 0.631. The fraction of sp³-hybridized carbons (Fsp3) is 0.0500. The van der Waals surface area contributed by atoms with Gasteiger partial charge in [0.15, 0.2) is 5.13 Å². The molecule has 0 radical (unpaired) electrons. The summed E-state index contributed by atoms with van der Waals surface area (Å²) >= 11 is 1.43. The third-order valence-electron chi connectivity index (χ3n) is 3.87. The topological polar surface area (TPSA) is 46.1 Å². The van der Waals surface area contributed by atoms with E-state index in [1.165, 1.54) is 11.3 Å². The van der Waals surface area contributed by atoms with Crippen molar-refractivity contribution in [2.24, 2.45) is 0 Å². The van der Waals surface area contributed by atoms with Crippen LogP contribution in [0.25, 0.3) is 10.2 Å². The van der Waals surface area contributed by atoms with E-state index in [-0.39, 0.29) is 5.56 Å². The van der Waals surface area contributed by atoms with Crippen molar-refractivity contribution in [1.82, 2.24) is 9.97 Å². The Balaban J connectivity index is 1.84. The molecular weight excluding hydrogens is 330 g/mol. The van der Waals surface area contributed by atoms with Crippen molar-refractivity contribution in [3.8, 4) is 0 Å². The highest BCUT2D eigenvalue weighted by molar-refractivity contribution is 7.21. The van der Waals surface area contributed by atoms with Crippen LogP contribution in [0.3, 0.4) is 0 Å². The number of aromatic nitrogens is 2. The Morgan fingerprint density at radius 1 is 0.880 bits per heavy atom. The fourth-order valence-electron chi connectivity index (χ4n) is 2.65. The lowest BCUT2D eigenvalue weighted by atomic mass is 10.2. The number of rotatable bonds is 4. The van der Waals surface area contributed by atoms with E-state index in [2.05, 4.69) is 27.0 Å². The molecule has 122 valence electrons. The van der Waals surface area contributed by atoms with Crippen molar-refractivity contribution in [1.29, 1.82) is 0 Å². The zero-order chi connectivity index (χ0) is 17.1. The predicted octanol–water partition coefficient (Wildman–Crippen LogP) is 4.39. The Kier molecular flexibility index (Phi) is 4.23. The largest absolute Gasteiger partial charge is 0.313 e. The molecule has 0 saturated heterocycles. The van der Waals surface area contributed by atoms with E-state index in [0.29, 0.717) is 21.9 Å². The smallest absolute Gasteiger partial charge is 0.282 e. The van der Waals surface area contributed by atoms with E-state index in [0.717, 1.165) is 11.3 Å². The first-order chi connectivity index (χ1) is 12.3. The summed E-state index contributed by atoms with van der Waals surface area (Å²) in [7, 11) is 0. The molecule has 25 heavy (non-hydrogen) atoms. The van der Waals surface area contributed by atoms with Crippen LogP contribution < -0.4 is 10.5 Å². The SMILES string of the molecule is O=c1nc(N(Cc2ccccc2)c2ccccc2)sc2ncccc12. The molecule has 0 atom stereocenters. The van der Waals surface area contributed by atoms with Gasteiger partial charge in [0.2, 0.25) is 0 Å². The third kappa shape index (κ3) is 3.27. The van der Waals surface area contributed by atoms with Crippen LogP contribution in [0.4, 0.5) is 10.8 Å². The zero-order valence-electron chi connectivity index (χ0n) is 13.4. The van der Waals surface area contributed by atoms with E-state index in [1.54, 1.807) is 18.3 Å². The summed E-state index contributed by atoms with van der Waals surface area (Å²) in [4.78, 5) is 23.8. The molecular formula is C20H15N3OS. The van der Waals surface area contributed by atoms with E-state index >= 15 is 0 Å². The molecule has 0 aliphatic rings. The minimum atomic E-state index is -0.245. The Bertz CT molecular complexity index is 1050. The summed E-state index contributed by atoms with van der Waals surface area (Å²) in [5, 5.41) is 1.20. The highest BCUT2D eigenvalue weighted by atomic mass is 32.1. The number of benzene rings is 2. The molecule has 0 aliphatic carbocycles. The van der Waals surface area contributed by atoms with Crippen LogP contribution in [0.5, 0.6) is 0 Å². The van der Waals surface area contributed by atoms with Crippen LogP contribution in [0, 0.1) is 0 Å². The number of para-hydroxylation sites is 1. The molecule has 2 aromatic carbocycles. The molecule has 2 heterocycles. The van der Waals surface area contributed by atoms with Gasteiger partial charge in [-0.3, -0.25) is 4.79 Å². The van der Waals surface area contributed by atoms with Gasteiger partial charge in [-0.05, 0) is 29.8 Å². The summed E-state index contributed by atoms with van der Waals surface area (Å²) in [5.74, 6) is 0. The van der Waals surface area contributed by atoms with Gasteiger partial charge in [0, 0.05) is 11.9 Å². The van der Waals surface area contributed by atoms with Gasteiger partial charge in [-0.1, -0.05) is 59.9 Å². The fourth-order valence-corrected chi connectivity index (χ4v) is 3.61. The standard InChI is InChI=1S/C20H15N3OS/c24-18-17-12-7-13-21-19(17)25-20(22-18)23(16-10-5-2-6-11-16)14-15-8-3-1-4-9-15/h1-13H,14H2. The van der Waals surface area contributed by atoms with Gasteiger partial charge in [0.1, 0.15) is 4.83 Å². The molecule has 0 spiro atoms. The first-order valence-corrected chi connectivity index (χ1v) is 8.75. The van der Waals surface area contributed by atoms with Crippen LogP contribution in [0.15, 0.2) is 83.8 Å². The molecule has 0 fully saturated rings. The number of nitrogens with zero attached hydrogens (tertiary/aromatic N) is 3. The quantitative estimate of drug-likeness (QED) is 0.550.